The van der Waals surface area contributed by atoms with Gasteiger partial charge in [0.25, 0.3) is 0 Å². The van der Waals surface area contributed by atoms with Crippen LogP contribution in [0.2, 0.25) is 0 Å². The van der Waals surface area contributed by atoms with Gasteiger partial charge in [-0.2, -0.15) is 0 Å². The maximum atomic E-state index is 12.7. The molecule has 0 saturated carbocycles. The Morgan fingerprint density at radius 2 is 1.83 bits per heavy atom. The zero-order chi connectivity index (χ0) is 24.7. The van der Waals surface area contributed by atoms with Crippen LogP contribution in [0, 0.1) is 0 Å². The smallest absolute Gasteiger partial charge is 0.163 e. The number of rotatable bonds is 10. The molecule has 1 heterocycles. The number of fused-ring (bicyclic) bond motifs is 1. The monoisotopic (exact) mass is 480 g/mol. The minimum atomic E-state index is -0.234. The van der Waals surface area contributed by atoms with Crippen molar-refractivity contribution in [2.24, 2.45) is 0 Å². The highest BCUT2D eigenvalue weighted by atomic mass is 16.5. The van der Waals surface area contributed by atoms with Gasteiger partial charge in [-0.3, -0.25) is 4.79 Å². The molecule has 36 heavy (non-hydrogen) atoms. The first-order valence-corrected chi connectivity index (χ1v) is 12.8. The van der Waals surface area contributed by atoms with Crippen molar-refractivity contribution in [3.63, 3.8) is 0 Å². The van der Waals surface area contributed by atoms with Gasteiger partial charge in [0.15, 0.2) is 5.78 Å². The standard InChI is InChI=1S/C31H32N2O3/c1-2-7-22-12-14-24(15-13-22)35-21-27-25-10-6-11-28(34)26(25)16-17-29(27)36-30(20-31-32-18-19-33-31)23-8-4-3-5-9-23/h3-5,8-9,12-19,30H,2,6-7,10-11,20-21H2,1H3,(H,32,33). The zero-order valence-electron chi connectivity index (χ0n) is 20.7. The van der Waals surface area contributed by atoms with Gasteiger partial charge in [0, 0.05) is 36.4 Å². The fourth-order valence-corrected chi connectivity index (χ4v) is 4.88. The Kier molecular flexibility index (Phi) is 7.46. The summed E-state index contributed by atoms with van der Waals surface area (Å²) in [5, 5.41) is 0. The number of hydrogen-bond donors (Lipinski definition) is 1. The van der Waals surface area contributed by atoms with Gasteiger partial charge in [0.2, 0.25) is 0 Å². The number of ketones is 1. The van der Waals surface area contributed by atoms with Gasteiger partial charge in [0.1, 0.15) is 30.0 Å². The number of carbonyl (C=O) groups is 1. The molecule has 4 aromatic rings. The normalized spacial score (nSPS) is 13.8. The number of aryl methyl sites for hydroxylation is 1. The van der Waals surface area contributed by atoms with E-state index in [1.165, 1.54) is 5.56 Å². The third-order valence-corrected chi connectivity index (χ3v) is 6.74. The highest BCUT2D eigenvalue weighted by Crippen LogP contribution is 2.35. The van der Waals surface area contributed by atoms with Crippen molar-refractivity contribution in [3.8, 4) is 11.5 Å². The Labute approximate surface area is 212 Å². The van der Waals surface area contributed by atoms with Crippen LogP contribution in [0.3, 0.4) is 0 Å². The lowest BCUT2D eigenvalue weighted by Gasteiger charge is -2.25. The first-order chi connectivity index (χ1) is 17.7. The van der Waals surface area contributed by atoms with Crippen LogP contribution >= 0.6 is 0 Å². The number of nitrogens with one attached hydrogen (secondary N) is 1. The quantitative estimate of drug-likeness (QED) is 0.270. The van der Waals surface area contributed by atoms with Crippen LogP contribution in [0.15, 0.2) is 79.1 Å². The lowest BCUT2D eigenvalue weighted by atomic mass is 9.87. The van der Waals surface area contributed by atoms with E-state index in [4.69, 9.17) is 9.47 Å². The van der Waals surface area contributed by atoms with Crippen molar-refractivity contribution >= 4 is 5.78 Å². The fourth-order valence-electron chi connectivity index (χ4n) is 4.88. The number of aromatic nitrogens is 2. The van der Waals surface area contributed by atoms with Crippen LogP contribution in [0.5, 0.6) is 11.5 Å². The van der Waals surface area contributed by atoms with E-state index in [0.717, 1.165) is 65.3 Å². The maximum Gasteiger partial charge on any atom is 0.163 e. The topological polar surface area (TPSA) is 64.2 Å². The number of imidazole rings is 1. The molecule has 5 rings (SSSR count). The van der Waals surface area contributed by atoms with Crippen LogP contribution in [-0.4, -0.2) is 15.8 Å². The number of Topliss-reactive ketones (excluding diaryl/α,β-unsaturated/α-hetero) is 1. The van der Waals surface area contributed by atoms with Crippen LogP contribution in [0.4, 0.5) is 0 Å². The lowest BCUT2D eigenvalue weighted by molar-refractivity contribution is 0.0971. The molecule has 3 aromatic carbocycles. The average Bonchev–Trinajstić information content (AvgIpc) is 3.42. The molecule has 1 atom stereocenters. The van der Waals surface area contributed by atoms with Crippen molar-refractivity contribution in [1.29, 1.82) is 0 Å². The van der Waals surface area contributed by atoms with E-state index in [9.17, 15) is 4.79 Å². The minimum Gasteiger partial charge on any atom is -0.489 e. The number of hydrogen-bond acceptors (Lipinski definition) is 4. The summed E-state index contributed by atoms with van der Waals surface area (Å²) in [5.41, 5.74) is 5.18. The van der Waals surface area contributed by atoms with E-state index in [2.05, 4.69) is 41.2 Å². The summed E-state index contributed by atoms with van der Waals surface area (Å²) in [5.74, 6) is 2.63. The highest BCUT2D eigenvalue weighted by molar-refractivity contribution is 5.99. The number of carbonyl (C=O) groups excluding carboxylic acids is 1. The minimum absolute atomic E-state index is 0.197. The number of benzene rings is 3. The first-order valence-electron chi connectivity index (χ1n) is 12.8. The second-order valence-electron chi connectivity index (χ2n) is 9.28. The van der Waals surface area contributed by atoms with E-state index in [0.29, 0.717) is 19.4 Å². The summed E-state index contributed by atoms with van der Waals surface area (Å²) in [6.07, 6.45) is 8.42. The average molecular weight is 481 g/mol. The van der Waals surface area contributed by atoms with E-state index in [1.54, 1.807) is 6.20 Å². The predicted octanol–water partition coefficient (Wildman–Crippen LogP) is 6.82. The summed E-state index contributed by atoms with van der Waals surface area (Å²) in [4.78, 5) is 20.3. The molecule has 0 fully saturated rings. The van der Waals surface area contributed by atoms with Crippen molar-refractivity contribution in [2.75, 3.05) is 0 Å². The summed E-state index contributed by atoms with van der Waals surface area (Å²) in [7, 11) is 0. The molecule has 0 bridgehead atoms. The molecule has 0 aliphatic heterocycles. The van der Waals surface area contributed by atoms with Crippen LogP contribution in [0.1, 0.15) is 70.7 Å². The summed E-state index contributed by atoms with van der Waals surface area (Å²) < 4.78 is 12.9. The summed E-state index contributed by atoms with van der Waals surface area (Å²) >= 11 is 0. The van der Waals surface area contributed by atoms with Crippen LogP contribution < -0.4 is 9.47 Å². The summed E-state index contributed by atoms with van der Waals surface area (Å²) in [6.45, 7) is 2.53. The third-order valence-electron chi connectivity index (χ3n) is 6.74. The molecule has 1 aliphatic carbocycles. The van der Waals surface area contributed by atoms with Gasteiger partial charge in [0.05, 0.1) is 0 Å². The largest absolute Gasteiger partial charge is 0.489 e. The lowest BCUT2D eigenvalue weighted by Crippen LogP contribution is -2.18. The number of H-pyrrole nitrogens is 1. The van der Waals surface area contributed by atoms with Crippen molar-refractivity contribution in [1.82, 2.24) is 9.97 Å². The fraction of sp³-hybridized carbons (Fsp3) is 0.290. The Morgan fingerprint density at radius 1 is 1.00 bits per heavy atom. The van der Waals surface area contributed by atoms with Crippen LogP contribution in [-0.2, 0) is 25.9 Å². The molecule has 5 heteroatoms. The number of aromatic amines is 1. The molecule has 1 unspecified atom stereocenters. The molecule has 0 amide bonds. The predicted molar refractivity (Wildman–Crippen MR) is 141 cm³/mol. The highest BCUT2D eigenvalue weighted by Gasteiger charge is 2.25. The number of nitrogens with zero attached hydrogens (tertiary/aromatic N) is 1. The Morgan fingerprint density at radius 3 is 2.58 bits per heavy atom. The van der Waals surface area contributed by atoms with E-state index in [-0.39, 0.29) is 11.9 Å². The first kappa shape index (κ1) is 23.9. The second-order valence-corrected chi connectivity index (χ2v) is 9.28. The molecule has 1 N–H and O–H groups in total. The molecule has 1 aromatic heterocycles. The van der Waals surface area contributed by atoms with Crippen LogP contribution in [0.25, 0.3) is 0 Å². The van der Waals surface area contributed by atoms with Gasteiger partial charge < -0.3 is 14.5 Å². The molecule has 0 saturated heterocycles. The molecule has 184 valence electrons. The Bertz CT molecular complexity index is 1280. The van der Waals surface area contributed by atoms with Crippen molar-refractivity contribution in [2.45, 2.75) is 58.2 Å². The van der Waals surface area contributed by atoms with E-state index >= 15 is 0 Å². The SMILES string of the molecule is CCCc1ccc(OCc2c(OC(Cc3ncc[nH]3)c3ccccc3)ccc3c2CCCC3=O)cc1. The zero-order valence-corrected chi connectivity index (χ0v) is 20.7. The third kappa shape index (κ3) is 5.51. The van der Waals surface area contributed by atoms with Gasteiger partial charge >= 0.3 is 0 Å². The Hall–Kier alpha value is -3.86. The summed E-state index contributed by atoms with van der Waals surface area (Å²) in [6, 6.07) is 22.3. The molecule has 0 radical (unpaired) electrons. The molecule has 1 aliphatic rings. The van der Waals surface area contributed by atoms with Gasteiger partial charge in [-0.1, -0.05) is 55.8 Å². The van der Waals surface area contributed by atoms with Gasteiger partial charge in [-0.25, -0.2) is 4.98 Å². The van der Waals surface area contributed by atoms with E-state index < -0.39 is 0 Å². The van der Waals surface area contributed by atoms with Crippen molar-refractivity contribution in [3.05, 3.63) is 113 Å². The molecular weight excluding hydrogens is 448 g/mol. The van der Waals surface area contributed by atoms with E-state index in [1.807, 2.05) is 48.7 Å². The van der Waals surface area contributed by atoms with Crippen molar-refractivity contribution < 1.29 is 14.3 Å². The molecule has 0 spiro atoms. The van der Waals surface area contributed by atoms with Gasteiger partial charge in [-0.15, -0.1) is 0 Å². The van der Waals surface area contributed by atoms with Gasteiger partial charge in [-0.05, 0) is 60.2 Å². The Balaban J connectivity index is 1.46. The molecule has 5 nitrogen and oxygen atoms in total. The number of ether oxygens (including phenoxy) is 2. The second kappa shape index (κ2) is 11.3. The molecular formula is C31H32N2O3. The maximum absolute atomic E-state index is 12.7.